The van der Waals surface area contributed by atoms with E-state index in [9.17, 15) is 4.79 Å². The quantitative estimate of drug-likeness (QED) is 0.596. The molecule has 3 heteroatoms. The van der Waals surface area contributed by atoms with Crippen molar-refractivity contribution in [3.63, 3.8) is 0 Å². The molecule has 0 heterocycles. The number of benzene rings is 1. The molecule has 90 valence electrons. The monoisotopic (exact) mass is 230 g/mol. The van der Waals surface area contributed by atoms with Crippen LogP contribution in [0.2, 0.25) is 0 Å². The number of nitrogens with one attached hydrogen (secondary N) is 1. The summed E-state index contributed by atoms with van der Waals surface area (Å²) in [4.78, 5) is 11.6. The van der Waals surface area contributed by atoms with E-state index in [1.165, 1.54) is 0 Å². The van der Waals surface area contributed by atoms with E-state index in [0.717, 1.165) is 5.56 Å². The van der Waals surface area contributed by atoms with Crippen LogP contribution in [-0.4, -0.2) is 12.5 Å². The molecule has 0 aliphatic carbocycles. The molecule has 0 bridgehead atoms. The Labute approximate surface area is 102 Å². The maximum atomic E-state index is 11.6. The van der Waals surface area contributed by atoms with Crippen molar-refractivity contribution in [1.82, 2.24) is 5.32 Å². The molecule has 1 unspecified atom stereocenters. The molecule has 0 radical (unpaired) electrons. The van der Waals surface area contributed by atoms with E-state index in [0.29, 0.717) is 19.4 Å². The summed E-state index contributed by atoms with van der Waals surface area (Å²) in [6, 6.07) is 9.39. The summed E-state index contributed by atoms with van der Waals surface area (Å²) in [5, 5.41) is 2.80. The van der Waals surface area contributed by atoms with E-state index in [2.05, 4.69) is 17.2 Å². The van der Waals surface area contributed by atoms with Gasteiger partial charge in [-0.15, -0.1) is 11.8 Å². The summed E-state index contributed by atoms with van der Waals surface area (Å²) < 4.78 is 0. The van der Waals surface area contributed by atoms with Crippen LogP contribution in [0, 0.1) is 11.8 Å². The molecule has 0 aromatic heterocycles. The van der Waals surface area contributed by atoms with Crippen LogP contribution in [0.5, 0.6) is 0 Å². The van der Waals surface area contributed by atoms with E-state index in [4.69, 9.17) is 5.73 Å². The molecule has 17 heavy (non-hydrogen) atoms. The third-order valence-corrected chi connectivity index (χ3v) is 2.38. The molecule has 3 nitrogen and oxygen atoms in total. The maximum Gasteiger partial charge on any atom is 0.221 e. The van der Waals surface area contributed by atoms with E-state index in [1.54, 1.807) is 6.92 Å². The van der Waals surface area contributed by atoms with Gasteiger partial charge in [-0.1, -0.05) is 30.3 Å². The first-order chi connectivity index (χ1) is 8.24. The van der Waals surface area contributed by atoms with E-state index in [-0.39, 0.29) is 11.9 Å². The van der Waals surface area contributed by atoms with Crippen molar-refractivity contribution < 1.29 is 4.79 Å². The highest BCUT2D eigenvalue weighted by molar-refractivity contribution is 5.76. The van der Waals surface area contributed by atoms with Gasteiger partial charge in [0.15, 0.2) is 0 Å². The molecule has 1 aromatic rings. The minimum absolute atomic E-state index is 0.0285. The van der Waals surface area contributed by atoms with Gasteiger partial charge in [0.05, 0.1) is 0 Å². The lowest BCUT2D eigenvalue weighted by Crippen LogP contribution is -2.28. The highest BCUT2D eigenvalue weighted by Crippen LogP contribution is 2.12. The largest absolute Gasteiger partial charge is 0.355 e. The second-order valence-electron chi connectivity index (χ2n) is 3.75. The molecule has 1 aromatic carbocycles. The molecule has 0 saturated carbocycles. The van der Waals surface area contributed by atoms with Gasteiger partial charge in [-0.05, 0) is 12.5 Å². The molecule has 1 atom stereocenters. The van der Waals surface area contributed by atoms with E-state index < -0.39 is 0 Å². The first-order valence-electron chi connectivity index (χ1n) is 5.71. The van der Waals surface area contributed by atoms with Crippen LogP contribution in [0.1, 0.15) is 31.4 Å². The Morgan fingerprint density at radius 2 is 2.12 bits per heavy atom. The van der Waals surface area contributed by atoms with Crippen molar-refractivity contribution in [2.24, 2.45) is 5.73 Å². The molecule has 0 saturated heterocycles. The molecular formula is C14H18N2O. The Kier molecular flexibility index (Phi) is 5.84. The van der Waals surface area contributed by atoms with Gasteiger partial charge in [0.2, 0.25) is 5.91 Å². The smallest absolute Gasteiger partial charge is 0.221 e. The number of carbonyl (C=O) groups is 1. The fraction of sp³-hybridized carbons (Fsp3) is 0.357. The lowest BCUT2D eigenvalue weighted by Gasteiger charge is -2.11. The number of hydrogen-bond acceptors (Lipinski definition) is 2. The van der Waals surface area contributed by atoms with Crippen molar-refractivity contribution in [3.05, 3.63) is 35.9 Å². The SMILES string of the molecule is CC#CCCNC(=O)CC(N)c1ccccc1. The van der Waals surface area contributed by atoms with Crippen LogP contribution >= 0.6 is 0 Å². The van der Waals surface area contributed by atoms with Crippen LogP contribution in [0.3, 0.4) is 0 Å². The minimum Gasteiger partial charge on any atom is -0.355 e. The Balaban J connectivity index is 2.33. The van der Waals surface area contributed by atoms with Crippen LogP contribution in [0.4, 0.5) is 0 Å². The fourth-order valence-electron chi connectivity index (χ4n) is 1.48. The Bertz CT molecular complexity index is 403. The summed E-state index contributed by atoms with van der Waals surface area (Å²) in [6.07, 6.45) is 0.992. The number of rotatable bonds is 5. The van der Waals surface area contributed by atoms with Gasteiger partial charge in [0, 0.05) is 25.4 Å². The number of hydrogen-bond donors (Lipinski definition) is 2. The van der Waals surface area contributed by atoms with Gasteiger partial charge in [-0.25, -0.2) is 0 Å². The highest BCUT2D eigenvalue weighted by atomic mass is 16.1. The third-order valence-electron chi connectivity index (χ3n) is 2.38. The lowest BCUT2D eigenvalue weighted by atomic mass is 10.0. The summed E-state index contributed by atoms with van der Waals surface area (Å²) >= 11 is 0. The molecule has 0 aliphatic heterocycles. The van der Waals surface area contributed by atoms with Crippen LogP contribution in [-0.2, 0) is 4.79 Å². The predicted octanol–water partition coefficient (Wildman–Crippen LogP) is 1.61. The molecule has 1 rings (SSSR count). The Hall–Kier alpha value is -1.79. The summed E-state index contributed by atoms with van der Waals surface area (Å²) in [5.74, 6) is 5.65. The van der Waals surface area contributed by atoms with Gasteiger partial charge < -0.3 is 11.1 Å². The molecule has 0 aliphatic rings. The lowest BCUT2D eigenvalue weighted by molar-refractivity contribution is -0.121. The Morgan fingerprint density at radius 3 is 2.76 bits per heavy atom. The van der Waals surface area contributed by atoms with Gasteiger partial charge >= 0.3 is 0 Å². The van der Waals surface area contributed by atoms with Gasteiger partial charge in [-0.2, -0.15) is 0 Å². The molecule has 3 N–H and O–H groups in total. The van der Waals surface area contributed by atoms with Crippen LogP contribution in [0.25, 0.3) is 0 Å². The summed E-state index contributed by atoms with van der Waals surface area (Å²) in [7, 11) is 0. The van der Waals surface area contributed by atoms with Crippen molar-refractivity contribution in [1.29, 1.82) is 0 Å². The van der Waals surface area contributed by atoms with Gasteiger partial charge in [0.25, 0.3) is 0 Å². The second kappa shape index (κ2) is 7.48. The van der Waals surface area contributed by atoms with Gasteiger partial charge in [-0.3, -0.25) is 4.79 Å². The van der Waals surface area contributed by atoms with E-state index in [1.807, 2.05) is 30.3 Å². The van der Waals surface area contributed by atoms with Crippen molar-refractivity contribution >= 4 is 5.91 Å². The first-order valence-corrected chi connectivity index (χ1v) is 5.71. The fourth-order valence-corrected chi connectivity index (χ4v) is 1.48. The van der Waals surface area contributed by atoms with Gasteiger partial charge in [0.1, 0.15) is 0 Å². The molecular weight excluding hydrogens is 212 g/mol. The average Bonchev–Trinajstić information content (AvgIpc) is 2.36. The van der Waals surface area contributed by atoms with Crippen LogP contribution < -0.4 is 11.1 Å². The zero-order valence-electron chi connectivity index (χ0n) is 10.1. The van der Waals surface area contributed by atoms with Crippen molar-refractivity contribution in [2.75, 3.05) is 6.54 Å². The molecule has 1 amide bonds. The highest BCUT2D eigenvalue weighted by Gasteiger charge is 2.10. The number of nitrogens with two attached hydrogens (primary N) is 1. The van der Waals surface area contributed by atoms with Crippen molar-refractivity contribution in [2.45, 2.75) is 25.8 Å². The third kappa shape index (κ3) is 5.19. The normalized spacial score (nSPS) is 11.2. The predicted molar refractivity (Wildman–Crippen MR) is 69.1 cm³/mol. The number of carbonyl (C=O) groups excluding carboxylic acids is 1. The minimum atomic E-state index is -0.242. The maximum absolute atomic E-state index is 11.6. The topological polar surface area (TPSA) is 55.1 Å². The zero-order valence-corrected chi connectivity index (χ0v) is 10.1. The number of amides is 1. The Morgan fingerprint density at radius 1 is 1.41 bits per heavy atom. The average molecular weight is 230 g/mol. The first kappa shape index (κ1) is 13.3. The second-order valence-corrected chi connectivity index (χ2v) is 3.75. The molecule has 0 spiro atoms. The van der Waals surface area contributed by atoms with Crippen molar-refractivity contribution in [3.8, 4) is 11.8 Å². The zero-order chi connectivity index (χ0) is 12.5. The summed E-state index contributed by atoms with van der Waals surface area (Å²) in [5.41, 5.74) is 6.92. The van der Waals surface area contributed by atoms with E-state index >= 15 is 0 Å². The molecule has 0 fully saturated rings. The van der Waals surface area contributed by atoms with Crippen LogP contribution in [0.15, 0.2) is 30.3 Å². The standard InChI is InChI=1S/C14H18N2O/c1-2-3-7-10-16-14(17)11-13(15)12-8-5-4-6-9-12/h4-6,8-9,13H,7,10-11,15H2,1H3,(H,16,17). The summed E-state index contributed by atoms with van der Waals surface area (Å²) in [6.45, 7) is 2.37.